The number of carbonyl (C=O) groups excluding carboxylic acids is 1. The number of aromatic amines is 1. The second-order valence-corrected chi connectivity index (χ2v) is 8.54. The lowest BCUT2D eigenvalue weighted by molar-refractivity contribution is -0.908. The summed E-state index contributed by atoms with van der Waals surface area (Å²) in [5, 5.41) is 5.20. The molecule has 1 saturated heterocycles. The van der Waals surface area contributed by atoms with Gasteiger partial charge in [0.15, 0.2) is 0 Å². The number of nitrogens with one attached hydrogen (secondary N) is 3. The zero-order valence-electron chi connectivity index (χ0n) is 18.4. The smallest absolute Gasteiger partial charge is 0.269 e. The highest BCUT2D eigenvalue weighted by Gasteiger charge is 2.17. The molecule has 164 valence electrons. The molecule has 1 aliphatic heterocycles. The number of aromatic nitrogens is 2. The van der Waals surface area contributed by atoms with Crippen LogP contribution < -0.4 is 10.2 Å². The van der Waals surface area contributed by atoms with Crippen molar-refractivity contribution in [2.45, 2.75) is 13.3 Å². The van der Waals surface area contributed by atoms with Crippen molar-refractivity contribution in [2.75, 3.05) is 39.4 Å². The number of H-pyrrole nitrogens is 1. The molecular weight excluding hydrogens is 400 g/mol. The van der Waals surface area contributed by atoms with Gasteiger partial charge in [-0.25, -0.2) is 4.98 Å². The van der Waals surface area contributed by atoms with E-state index in [-0.39, 0.29) is 5.91 Å². The number of amides is 1. The molecule has 2 aromatic heterocycles. The van der Waals surface area contributed by atoms with Gasteiger partial charge in [0, 0.05) is 34.8 Å². The number of aryl methyl sites for hydroxylation is 1. The minimum Gasteiger partial charge on any atom is -0.370 e. The highest BCUT2D eigenvalue weighted by atomic mass is 16.5. The molecule has 1 amide bonds. The Morgan fingerprint density at radius 3 is 2.69 bits per heavy atom. The van der Waals surface area contributed by atoms with Crippen molar-refractivity contribution in [1.82, 2.24) is 15.3 Å². The molecule has 6 heteroatoms. The number of para-hydroxylation sites is 1. The van der Waals surface area contributed by atoms with Gasteiger partial charge in [0.05, 0.1) is 31.0 Å². The van der Waals surface area contributed by atoms with Crippen molar-refractivity contribution >= 4 is 27.7 Å². The normalized spacial score (nSPS) is 14.8. The van der Waals surface area contributed by atoms with Gasteiger partial charge in [-0.15, -0.1) is 0 Å². The lowest BCUT2D eigenvalue weighted by atomic mass is 10.1. The number of pyridine rings is 1. The first kappa shape index (κ1) is 20.7. The van der Waals surface area contributed by atoms with Crippen LogP contribution in [0.25, 0.3) is 33.1 Å². The zero-order valence-corrected chi connectivity index (χ0v) is 18.4. The molecule has 0 spiro atoms. The Bertz CT molecular complexity index is 1240. The minimum atomic E-state index is -0.123. The predicted molar refractivity (Wildman–Crippen MR) is 127 cm³/mol. The fourth-order valence-corrected chi connectivity index (χ4v) is 4.42. The number of fused-ring (bicyclic) bond motifs is 3. The molecule has 4 aromatic rings. The van der Waals surface area contributed by atoms with Gasteiger partial charge < -0.3 is 19.9 Å². The third kappa shape index (κ3) is 4.24. The molecule has 3 heterocycles. The molecule has 0 radical (unpaired) electrons. The molecule has 0 saturated carbocycles. The van der Waals surface area contributed by atoms with Crippen LogP contribution in [0.15, 0.2) is 54.6 Å². The fourth-order valence-electron chi connectivity index (χ4n) is 4.42. The Morgan fingerprint density at radius 2 is 1.88 bits per heavy atom. The van der Waals surface area contributed by atoms with Gasteiger partial charge in [0.1, 0.15) is 18.8 Å². The summed E-state index contributed by atoms with van der Waals surface area (Å²) in [6.45, 7) is 7.53. The van der Waals surface area contributed by atoms with Gasteiger partial charge in [0.2, 0.25) is 0 Å². The van der Waals surface area contributed by atoms with Crippen LogP contribution in [0.5, 0.6) is 0 Å². The van der Waals surface area contributed by atoms with Crippen LogP contribution in [-0.2, 0) is 4.74 Å². The number of benzene rings is 2. The molecule has 1 fully saturated rings. The SMILES string of the molecule is Cc1ccc(-c2nc(C(=O)NCCC[NH+]3CCOCC3)cc3c2[nH]c2ccccc23)cc1. The minimum absolute atomic E-state index is 0.123. The molecule has 0 bridgehead atoms. The van der Waals surface area contributed by atoms with Crippen LogP contribution >= 0.6 is 0 Å². The molecule has 1 aliphatic rings. The number of hydrogen-bond acceptors (Lipinski definition) is 3. The van der Waals surface area contributed by atoms with Gasteiger partial charge in [-0.3, -0.25) is 4.79 Å². The number of carbonyl (C=O) groups is 1. The van der Waals surface area contributed by atoms with E-state index >= 15 is 0 Å². The Hall–Kier alpha value is -3.22. The number of nitrogens with zero attached hydrogens (tertiary/aromatic N) is 1. The van der Waals surface area contributed by atoms with Crippen LogP contribution in [0.2, 0.25) is 0 Å². The van der Waals surface area contributed by atoms with Crippen LogP contribution in [0.3, 0.4) is 0 Å². The lowest BCUT2D eigenvalue weighted by Gasteiger charge is -2.23. The van der Waals surface area contributed by atoms with Crippen molar-refractivity contribution in [3.05, 3.63) is 65.9 Å². The maximum atomic E-state index is 13.0. The molecule has 5 rings (SSSR count). The summed E-state index contributed by atoms with van der Waals surface area (Å²) < 4.78 is 5.41. The Morgan fingerprint density at radius 1 is 1.09 bits per heavy atom. The maximum absolute atomic E-state index is 13.0. The van der Waals surface area contributed by atoms with E-state index in [9.17, 15) is 4.79 Å². The van der Waals surface area contributed by atoms with E-state index in [2.05, 4.69) is 53.6 Å². The molecule has 0 unspecified atom stereocenters. The van der Waals surface area contributed by atoms with Gasteiger partial charge in [-0.1, -0.05) is 48.0 Å². The van der Waals surface area contributed by atoms with E-state index in [1.807, 2.05) is 18.2 Å². The second kappa shape index (κ2) is 9.10. The van der Waals surface area contributed by atoms with Crippen molar-refractivity contribution in [3.63, 3.8) is 0 Å². The summed E-state index contributed by atoms with van der Waals surface area (Å²) in [4.78, 5) is 22.9. The first-order chi connectivity index (χ1) is 15.7. The van der Waals surface area contributed by atoms with Crippen molar-refractivity contribution < 1.29 is 14.4 Å². The summed E-state index contributed by atoms with van der Waals surface area (Å²) in [6.07, 6.45) is 0.946. The van der Waals surface area contributed by atoms with Crippen LogP contribution in [0.1, 0.15) is 22.5 Å². The number of hydrogen-bond donors (Lipinski definition) is 3. The van der Waals surface area contributed by atoms with E-state index in [0.717, 1.165) is 72.3 Å². The summed E-state index contributed by atoms with van der Waals surface area (Å²) >= 11 is 0. The summed E-state index contributed by atoms with van der Waals surface area (Å²) in [5.41, 5.74) is 5.46. The van der Waals surface area contributed by atoms with Crippen molar-refractivity contribution in [1.29, 1.82) is 0 Å². The topological polar surface area (TPSA) is 71.4 Å². The monoisotopic (exact) mass is 429 g/mol. The largest absolute Gasteiger partial charge is 0.370 e. The average molecular weight is 430 g/mol. The first-order valence-corrected chi connectivity index (χ1v) is 11.4. The third-order valence-electron chi connectivity index (χ3n) is 6.25. The molecule has 6 nitrogen and oxygen atoms in total. The van der Waals surface area contributed by atoms with Crippen LogP contribution in [0, 0.1) is 6.92 Å². The van der Waals surface area contributed by atoms with E-state index in [1.54, 1.807) is 4.90 Å². The molecule has 2 aromatic carbocycles. The number of rotatable bonds is 6. The number of quaternary nitrogens is 1. The van der Waals surface area contributed by atoms with E-state index in [4.69, 9.17) is 9.72 Å². The van der Waals surface area contributed by atoms with E-state index < -0.39 is 0 Å². The highest BCUT2D eigenvalue weighted by Crippen LogP contribution is 2.32. The zero-order chi connectivity index (χ0) is 21.9. The summed E-state index contributed by atoms with van der Waals surface area (Å²) in [7, 11) is 0. The van der Waals surface area contributed by atoms with E-state index in [1.165, 1.54) is 5.56 Å². The standard InChI is InChI=1S/C26H28N4O2/c1-18-7-9-19(10-8-18)24-25-21(20-5-2-3-6-22(20)28-25)17-23(29-24)26(31)27-11-4-12-30-13-15-32-16-14-30/h2-3,5-10,17,28H,4,11-16H2,1H3,(H,27,31)/p+1. The van der Waals surface area contributed by atoms with Gasteiger partial charge in [-0.2, -0.15) is 0 Å². The Kier molecular flexibility index (Phi) is 5.88. The van der Waals surface area contributed by atoms with Crippen molar-refractivity contribution in [3.8, 4) is 11.3 Å². The van der Waals surface area contributed by atoms with Gasteiger partial charge in [-0.05, 0) is 19.1 Å². The molecule has 0 atom stereocenters. The predicted octanol–water partition coefficient (Wildman–Crippen LogP) is 2.73. The fraction of sp³-hybridized carbons (Fsp3) is 0.308. The maximum Gasteiger partial charge on any atom is 0.269 e. The number of morpholine rings is 1. The molecular formula is C26H29N4O2+. The highest BCUT2D eigenvalue weighted by molar-refractivity contribution is 6.13. The average Bonchev–Trinajstić information content (AvgIpc) is 3.21. The summed E-state index contributed by atoms with van der Waals surface area (Å²) in [5.74, 6) is -0.123. The second-order valence-electron chi connectivity index (χ2n) is 8.54. The number of ether oxygens (including phenoxy) is 1. The Balaban J connectivity index is 1.42. The lowest BCUT2D eigenvalue weighted by Crippen LogP contribution is -3.14. The summed E-state index contributed by atoms with van der Waals surface area (Å²) in [6, 6.07) is 18.4. The molecule has 0 aliphatic carbocycles. The van der Waals surface area contributed by atoms with Crippen LogP contribution in [0.4, 0.5) is 0 Å². The first-order valence-electron chi connectivity index (χ1n) is 11.4. The third-order valence-corrected chi connectivity index (χ3v) is 6.25. The van der Waals surface area contributed by atoms with Gasteiger partial charge in [0.25, 0.3) is 5.91 Å². The van der Waals surface area contributed by atoms with Crippen molar-refractivity contribution in [2.24, 2.45) is 0 Å². The van der Waals surface area contributed by atoms with Crippen LogP contribution in [-0.4, -0.2) is 55.3 Å². The quantitative estimate of drug-likeness (QED) is 0.413. The Labute approximate surface area is 187 Å². The van der Waals surface area contributed by atoms with E-state index in [0.29, 0.717) is 12.2 Å². The molecule has 32 heavy (non-hydrogen) atoms. The van der Waals surface area contributed by atoms with Gasteiger partial charge >= 0.3 is 0 Å². The molecule has 3 N–H and O–H groups in total.